The number of halogens is 1. The van der Waals surface area contributed by atoms with Crippen molar-refractivity contribution in [1.82, 2.24) is 5.32 Å². The number of nitro benzene ring substituents is 1. The highest BCUT2D eigenvalue weighted by Gasteiger charge is 2.16. The zero-order valence-electron chi connectivity index (χ0n) is 13.2. The standard InChI is InChI=1S/C17H18BrN3O3/c1-2-14(12-7-9-13(18)10-8-12)19-11-17(22)20-15-5-3-4-6-16(15)21(23)24/h3-10,14,19H,2,11H2,1H3,(H,20,22)/t14-/m0/s1. The Labute approximate surface area is 148 Å². The maximum atomic E-state index is 12.1. The zero-order valence-corrected chi connectivity index (χ0v) is 14.7. The van der Waals surface area contributed by atoms with Crippen LogP contribution >= 0.6 is 15.9 Å². The number of para-hydroxylation sites is 2. The third kappa shape index (κ3) is 4.87. The van der Waals surface area contributed by atoms with E-state index < -0.39 is 4.92 Å². The minimum absolute atomic E-state index is 0.0367. The summed E-state index contributed by atoms with van der Waals surface area (Å²) in [5, 5.41) is 16.7. The third-order valence-electron chi connectivity index (χ3n) is 3.56. The van der Waals surface area contributed by atoms with Crippen molar-refractivity contribution < 1.29 is 9.72 Å². The lowest BCUT2D eigenvalue weighted by Gasteiger charge is -2.17. The molecule has 0 aliphatic carbocycles. The number of anilines is 1. The van der Waals surface area contributed by atoms with Crippen molar-refractivity contribution in [2.75, 3.05) is 11.9 Å². The summed E-state index contributed by atoms with van der Waals surface area (Å²) in [6.45, 7) is 2.10. The lowest BCUT2D eigenvalue weighted by atomic mass is 10.0. The van der Waals surface area contributed by atoms with Crippen LogP contribution < -0.4 is 10.6 Å². The second kappa shape index (κ2) is 8.56. The van der Waals surface area contributed by atoms with Gasteiger partial charge in [0.25, 0.3) is 5.69 Å². The van der Waals surface area contributed by atoms with E-state index in [1.807, 2.05) is 31.2 Å². The van der Waals surface area contributed by atoms with Crippen LogP contribution in [0.4, 0.5) is 11.4 Å². The van der Waals surface area contributed by atoms with Gasteiger partial charge >= 0.3 is 0 Å². The van der Waals surface area contributed by atoms with E-state index in [0.29, 0.717) is 0 Å². The molecule has 0 bridgehead atoms. The number of rotatable bonds is 7. The summed E-state index contributed by atoms with van der Waals surface area (Å²) in [6.07, 6.45) is 0.820. The fourth-order valence-corrected chi connectivity index (χ4v) is 2.61. The number of carbonyl (C=O) groups excluding carboxylic acids is 1. The van der Waals surface area contributed by atoms with Crippen LogP contribution in [0.25, 0.3) is 0 Å². The highest BCUT2D eigenvalue weighted by molar-refractivity contribution is 9.10. The summed E-state index contributed by atoms with van der Waals surface area (Å²) in [6, 6.07) is 14.0. The van der Waals surface area contributed by atoms with Crippen LogP contribution in [0.3, 0.4) is 0 Å². The van der Waals surface area contributed by atoms with Gasteiger partial charge in [0.1, 0.15) is 5.69 Å². The van der Waals surface area contributed by atoms with Crippen LogP contribution in [-0.4, -0.2) is 17.4 Å². The van der Waals surface area contributed by atoms with Crippen LogP contribution in [-0.2, 0) is 4.79 Å². The van der Waals surface area contributed by atoms with E-state index in [4.69, 9.17) is 0 Å². The molecule has 2 rings (SSSR count). The molecule has 0 aromatic heterocycles. The van der Waals surface area contributed by atoms with E-state index in [-0.39, 0.29) is 29.9 Å². The number of nitro groups is 1. The normalized spacial score (nSPS) is 11.8. The Kier molecular flexibility index (Phi) is 6.45. The summed E-state index contributed by atoms with van der Waals surface area (Å²) in [5.74, 6) is -0.320. The molecule has 1 atom stereocenters. The van der Waals surface area contributed by atoms with Gasteiger partial charge in [0, 0.05) is 16.6 Å². The molecule has 0 fully saturated rings. The highest BCUT2D eigenvalue weighted by Crippen LogP contribution is 2.23. The maximum absolute atomic E-state index is 12.1. The van der Waals surface area contributed by atoms with E-state index >= 15 is 0 Å². The molecular formula is C17H18BrN3O3. The summed E-state index contributed by atoms with van der Waals surface area (Å²) >= 11 is 3.39. The van der Waals surface area contributed by atoms with Gasteiger partial charge in [-0.15, -0.1) is 0 Å². The molecule has 0 saturated carbocycles. The number of benzene rings is 2. The van der Waals surface area contributed by atoms with Gasteiger partial charge in [0.2, 0.25) is 5.91 Å². The van der Waals surface area contributed by atoms with Gasteiger partial charge in [0.05, 0.1) is 11.5 Å². The largest absolute Gasteiger partial charge is 0.319 e. The molecule has 0 aliphatic heterocycles. The number of hydrogen-bond acceptors (Lipinski definition) is 4. The fourth-order valence-electron chi connectivity index (χ4n) is 2.34. The molecule has 0 spiro atoms. The molecule has 7 heteroatoms. The minimum atomic E-state index is -0.514. The lowest BCUT2D eigenvalue weighted by Crippen LogP contribution is -2.31. The Morgan fingerprint density at radius 3 is 2.50 bits per heavy atom. The quantitative estimate of drug-likeness (QED) is 0.550. The highest BCUT2D eigenvalue weighted by atomic mass is 79.9. The molecule has 0 saturated heterocycles. The lowest BCUT2D eigenvalue weighted by molar-refractivity contribution is -0.383. The molecular weight excluding hydrogens is 374 g/mol. The minimum Gasteiger partial charge on any atom is -0.319 e. The first-order valence-corrected chi connectivity index (χ1v) is 8.32. The van der Waals surface area contributed by atoms with Crippen molar-refractivity contribution >= 4 is 33.2 Å². The Bertz CT molecular complexity index is 719. The summed E-state index contributed by atoms with van der Waals surface area (Å²) in [4.78, 5) is 22.5. The van der Waals surface area contributed by atoms with Crippen LogP contribution in [0.5, 0.6) is 0 Å². The van der Waals surface area contributed by atoms with E-state index in [2.05, 4.69) is 26.6 Å². The van der Waals surface area contributed by atoms with Gasteiger partial charge in [-0.25, -0.2) is 0 Å². The van der Waals surface area contributed by atoms with Gasteiger partial charge in [-0.1, -0.05) is 47.1 Å². The Hall–Kier alpha value is -2.25. The number of hydrogen-bond donors (Lipinski definition) is 2. The zero-order chi connectivity index (χ0) is 17.5. The SMILES string of the molecule is CC[C@H](NCC(=O)Nc1ccccc1[N+](=O)[O-])c1ccc(Br)cc1. The molecule has 0 aliphatic rings. The van der Waals surface area contributed by atoms with Crippen molar-refractivity contribution in [3.05, 3.63) is 68.7 Å². The van der Waals surface area contributed by atoms with Crippen LogP contribution in [0.1, 0.15) is 24.9 Å². The van der Waals surface area contributed by atoms with Gasteiger partial charge in [-0.05, 0) is 30.2 Å². The molecule has 2 aromatic rings. The molecule has 2 aromatic carbocycles. The van der Waals surface area contributed by atoms with Crippen LogP contribution in [0.2, 0.25) is 0 Å². The molecule has 0 radical (unpaired) electrons. The average molecular weight is 392 g/mol. The first-order valence-electron chi connectivity index (χ1n) is 7.53. The van der Waals surface area contributed by atoms with Crippen molar-refractivity contribution in [3.63, 3.8) is 0 Å². The Balaban J connectivity index is 1.97. The Morgan fingerprint density at radius 2 is 1.88 bits per heavy atom. The summed E-state index contributed by atoms with van der Waals surface area (Å²) in [5.41, 5.74) is 1.16. The number of nitrogens with zero attached hydrogens (tertiary/aromatic N) is 1. The predicted molar refractivity (Wildman–Crippen MR) is 96.9 cm³/mol. The molecule has 0 heterocycles. The topological polar surface area (TPSA) is 84.3 Å². The second-order valence-corrected chi connectivity index (χ2v) is 6.13. The van der Waals surface area contributed by atoms with Crippen LogP contribution in [0.15, 0.2) is 53.0 Å². The van der Waals surface area contributed by atoms with Crippen molar-refractivity contribution in [1.29, 1.82) is 0 Å². The first kappa shape index (κ1) is 18.1. The molecule has 126 valence electrons. The van der Waals surface area contributed by atoms with Crippen molar-refractivity contribution in [2.24, 2.45) is 0 Å². The number of amides is 1. The second-order valence-electron chi connectivity index (χ2n) is 5.22. The number of nitrogens with one attached hydrogen (secondary N) is 2. The molecule has 1 amide bonds. The van der Waals surface area contributed by atoms with E-state index in [1.165, 1.54) is 12.1 Å². The monoisotopic (exact) mass is 391 g/mol. The predicted octanol–water partition coefficient (Wildman–Crippen LogP) is 4.04. The maximum Gasteiger partial charge on any atom is 0.292 e. The molecule has 24 heavy (non-hydrogen) atoms. The van der Waals surface area contributed by atoms with Gasteiger partial charge < -0.3 is 10.6 Å². The fraction of sp³-hybridized carbons (Fsp3) is 0.235. The van der Waals surface area contributed by atoms with E-state index in [9.17, 15) is 14.9 Å². The van der Waals surface area contributed by atoms with Gasteiger partial charge in [-0.3, -0.25) is 14.9 Å². The van der Waals surface area contributed by atoms with Crippen LogP contribution in [0, 0.1) is 10.1 Å². The average Bonchev–Trinajstić information content (AvgIpc) is 2.57. The van der Waals surface area contributed by atoms with Gasteiger partial charge in [-0.2, -0.15) is 0 Å². The van der Waals surface area contributed by atoms with Crippen molar-refractivity contribution in [2.45, 2.75) is 19.4 Å². The van der Waals surface area contributed by atoms with E-state index in [1.54, 1.807) is 12.1 Å². The Morgan fingerprint density at radius 1 is 1.21 bits per heavy atom. The molecule has 0 unspecified atom stereocenters. The van der Waals surface area contributed by atoms with Gasteiger partial charge in [0.15, 0.2) is 0 Å². The van der Waals surface area contributed by atoms with E-state index in [0.717, 1.165) is 16.5 Å². The smallest absolute Gasteiger partial charge is 0.292 e. The molecule has 2 N–H and O–H groups in total. The third-order valence-corrected chi connectivity index (χ3v) is 4.09. The summed E-state index contributed by atoms with van der Waals surface area (Å²) < 4.78 is 0.996. The first-order chi connectivity index (χ1) is 11.5. The number of carbonyl (C=O) groups is 1. The summed E-state index contributed by atoms with van der Waals surface area (Å²) in [7, 11) is 0. The van der Waals surface area contributed by atoms with Crippen molar-refractivity contribution in [3.8, 4) is 0 Å². The molecule has 6 nitrogen and oxygen atoms in total.